The van der Waals surface area contributed by atoms with E-state index in [1.54, 1.807) is 37.5 Å². The Hall–Kier alpha value is -2.76. The van der Waals surface area contributed by atoms with E-state index >= 15 is 0 Å². The van der Waals surface area contributed by atoms with Crippen molar-refractivity contribution < 1.29 is 9.32 Å². The smallest absolute Gasteiger partial charge is 0.257 e. The third kappa shape index (κ3) is 2.15. The summed E-state index contributed by atoms with van der Waals surface area (Å²) in [5.41, 5.74) is 2.27. The molecule has 3 aromatic rings. The minimum absolute atomic E-state index is 0.235. The Labute approximate surface area is 108 Å². The fourth-order valence-electron chi connectivity index (χ4n) is 1.71. The number of anilines is 1. The number of aryl methyl sites for hydroxylation is 1. The van der Waals surface area contributed by atoms with Crippen LogP contribution in [-0.2, 0) is 0 Å². The molecule has 0 spiro atoms. The summed E-state index contributed by atoms with van der Waals surface area (Å²) in [4.78, 5) is 20.0. The van der Waals surface area contributed by atoms with Crippen molar-refractivity contribution in [3.8, 4) is 0 Å². The second-order valence-corrected chi connectivity index (χ2v) is 4.03. The quantitative estimate of drug-likeness (QED) is 0.758. The Morgan fingerprint density at radius 3 is 2.89 bits per heavy atom. The Kier molecular flexibility index (Phi) is 2.68. The fraction of sp³-hybridized carbons (Fsp3) is 0.0769. The van der Waals surface area contributed by atoms with E-state index in [9.17, 15) is 4.79 Å². The Morgan fingerprint density at radius 1 is 1.32 bits per heavy atom. The third-order valence-electron chi connectivity index (χ3n) is 2.71. The molecular formula is C13H10N4O2. The lowest BCUT2D eigenvalue weighted by molar-refractivity contribution is 0.102. The van der Waals surface area contributed by atoms with Crippen molar-refractivity contribution in [3.63, 3.8) is 0 Å². The van der Waals surface area contributed by atoms with Gasteiger partial charge in [-0.3, -0.25) is 9.78 Å². The zero-order chi connectivity index (χ0) is 13.2. The van der Waals surface area contributed by atoms with Gasteiger partial charge in [0.2, 0.25) is 0 Å². The van der Waals surface area contributed by atoms with Crippen LogP contribution < -0.4 is 5.32 Å². The van der Waals surface area contributed by atoms with Crippen LogP contribution in [0.4, 0.5) is 5.69 Å². The highest BCUT2D eigenvalue weighted by atomic mass is 16.5. The lowest BCUT2D eigenvalue weighted by atomic mass is 10.2. The number of hydrogen-bond acceptors (Lipinski definition) is 5. The summed E-state index contributed by atoms with van der Waals surface area (Å²) < 4.78 is 5.00. The molecule has 0 aromatic carbocycles. The van der Waals surface area contributed by atoms with Crippen molar-refractivity contribution in [2.24, 2.45) is 0 Å². The molecule has 3 heterocycles. The maximum Gasteiger partial charge on any atom is 0.257 e. The Morgan fingerprint density at radius 2 is 2.11 bits per heavy atom. The molecule has 1 amide bonds. The molecule has 3 rings (SSSR count). The zero-order valence-electron chi connectivity index (χ0n) is 10.1. The minimum atomic E-state index is -0.235. The first-order chi connectivity index (χ1) is 9.24. The molecular weight excluding hydrogens is 244 g/mol. The number of amides is 1. The van der Waals surface area contributed by atoms with Crippen molar-refractivity contribution >= 4 is 22.7 Å². The minimum Gasteiger partial charge on any atom is -0.336 e. The number of hydrogen-bond donors (Lipinski definition) is 1. The highest BCUT2D eigenvalue weighted by Gasteiger charge is 2.11. The first-order valence-corrected chi connectivity index (χ1v) is 5.67. The predicted octanol–water partition coefficient (Wildman–Crippen LogP) is 2.18. The van der Waals surface area contributed by atoms with E-state index in [0.717, 1.165) is 5.39 Å². The van der Waals surface area contributed by atoms with Crippen LogP contribution in [0.1, 0.15) is 16.1 Å². The first kappa shape index (κ1) is 11.3. The Balaban J connectivity index is 1.91. The van der Waals surface area contributed by atoms with Gasteiger partial charge < -0.3 is 9.84 Å². The second-order valence-electron chi connectivity index (χ2n) is 4.03. The van der Waals surface area contributed by atoms with E-state index in [1.165, 1.54) is 6.20 Å². The van der Waals surface area contributed by atoms with E-state index in [1.807, 2.05) is 0 Å². The van der Waals surface area contributed by atoms with Crippen molar-refractivity contribution in [2.45, 2.75) is 6.92 Å². The van der Waals surface area contributed by atoms with Crippen LogP contribution in [0.15, 0.2) is 41.3 Å². The topological polar surface area (TPSA) is 80.9 Å². The van der Waals surface area contributed by atoms with Gasteiger partial charge in [-0.25, -0.2) is 4.98 Å². The lowest BCUT2D eigenvalue weighted by Crippen LogP contribution is -2.12. The normalized spacial score (nSPS) is 10.6. The van der Waals surface area contributed by atoms with Crippen LogP contribution in [-0.4, -0.2) is 21.0 Å². The van der Waals surface area contributed by atoms with E-state index in [0.29, 0.717) is 22.7 Å². The van der Waals surface area contributed by atoms with Crippen molar-refractivity contribution in [1.82, 2.24) is 15.1 Å². The fourth-order valence-corrected chi connectivity index (χ4v) is 1.71. The molecule has 0 atom stereocenters. The van der Waals surface area contributed by atoms with Gasteiger partial charge in [0.1, 0.15) is 0 Å². The van der Waals surface area contributed by atoms with Crippen LogP contribution in [0.2, 0.25) is 0 Å². The first-order valence-electron chi connectivity index (χ1n) is 5.67. The maximum absolute atomic E-state index is 12.1. The summed E-state index contributed by atoms with van der Waals surface area (Å²) in [6.07, 6.45) is 4.69. The Bertz CT molecular complexity index is 737. The largest absolute Gasteiger partial charge is 0.336 e. The molecule has 0 fully saturated rings. The van der Waals surface area contributed by atoms with Crippen molar-refractivity contribution in [1.29, 1.82) is 0 Å². The SMILES string of the molecule is Cc1noc2ncc(C(=O)Nc3ccncc3)cc12. The average Bonchev–Trinajstić information content (AvgIpc) is 2.81. The van der Waals surface area contributed by atoms with Crippen LogP contribution in [0.5, 0.6) is 0 Å². The van der Waals surface area contributed by atoms with Crippen LogP contribution in [0.3, 0.4) is 0 Å². The molecule has 0 aliphatic rings. The van der Waals surface area contributed by atoms with Crippen molar-refractivity contribution in [2.75, 3.05) is 5.32 Å². The van der Waals surface area contributed by atoms with Crippen LogP contribution in [0, 0.1) is 6.92 Å². The molecule has 6 heteroatoms. The highest BCUT2D eigenvalue weighted by molar-refractivity contribution is 6.05. The molecule has 6 nitrogen and oxygen atoms in total. The number of nitrogens with zero attached hydrogens (tertiary/aromatic N) is 3. The molecule has 0 radical (unpaired) electrons. The number of aromatic nitrogens is 3. The zero-order valence-corrected chi connectivity index (χ0v) is 10.1. The van der Waals surface area contributed by atoms with Gasteiger partial charge in [-0.15, -0.1) is 0 Å². The number of carbonyl (C=O) groups is 1. The summed E-state index contributed by atoms with van der Waals surface area (Å²) in [7, 11) is 0. The summed E-state index contributed by atoms with van der Waals surface area (Å²) in [5, 5.41) is 7.31. The molecule has 94 valence electrons. The molecule has 0 unspecified atom stereocenters. The third-order valence-corrected chi connectivity index (χ3v) is 2.71. The predicted molar refractivity (Wildman–Crippen MR) is 68.7 cm³/mol. The molecule has 0 saturated carbocycles. The molecule has 0 aliphatic carbocycles. The highest BCUT2D eigenvalue weighted by Crippen LogP contribution is 2.17. The van der Waals surface area contributed by atoms with E-state index in [4.69, 9.17) is 4.52 Å². The molecule has 19 heavy (non-hydrogen) atoms. The summed E-state index contributed by atoms with van der Waals surface area (Å²) in [6.45, 7) is 1.80. The van der Waals surface area contributed by atoms with E-state index in [-0.39, 0.29) is 5.91 Å². The average molecular weight is 254 g/mol. The number of fused-ring (bicyclic) bond motifs is 1. The number of nitrogens with one attached hydrogen (secondary N) is 1. The van der Waals surface area contributed by atoms with Gasteiger partial charge in [0.15, 0.2) is 0 Å². The molecule has 3 aromatic heterocycles. The van der Waals surface area contributed by atoms with Gasteiger partial charge in [0, 0.05) is 24.3 Å². The lowest BCUT2D eigenvalue weighted by Gasteiger charge is -2.04. The van der Waals surface area contributed by atoms with Gasteiger partial charge in [0.25, 0.3) is 11.6 Å². The molecule has 0 saturated heterocycles. The van der Waals surface area contributed by atoms with Crippen LogP contribution in [0.25, 0.3) is 11.1 Å². The number of carbonyl (C=O) groups excluding carboxylic acids is 1. The molecule has 1 N–H and O–H groups in total. The monoisotopic (exact) mass is 254 g/mol. The van der Waals surface area contributed by atoms with Gasteiger partial charge in [0.05, 0.1) is 16.6 Å². The summed E-state index contributed by atoms with van der Waals surface area (Å²) >= 11 is 0. The van der Waals surface area contributed by atoms with Crippen LogP contribution >= 0.6 is 0 Å². The summed E-state index contributed by atoms with van der Waals surface area (Å²) in [6, 6.07) is 5.15. The standard InChI is InChI=1S/C13H10N4O2/c1-8-11-6-9(7-15-13(11)19-17-8)12(18)16-10-2-4-14-5-3-10/h2-7H,1H3,(H,14,16,18). The van der Waals surface area contributed by atoms with Gasteiger partial charge >= 0.3 is 0 Å². The van der Waals surface area contributed by atoms with Gasteiger partial charge in [-0.1, -0.05) is 5.16 Å². The molecule has 0 aliphatic heterocycles. The second kappa shape index (κ2) is 4.49. The number of pyridine rings is 2. The van der Waals surface area contributed by atoms with Crippen molar-refractivity contribution in [3.05, 3.63) is 48.0 Å². The summed E-state index contributed by atoms with van der Waals surface area (Å²) in [5.74, 6) is -0.235. The maximum atomic E-state index is 12.1. The van der Waals surface area contributed by atoms with Gasteiger partial charge in [-0.2, -0.15) is 0 Å². The molecule has 0 bridgehead atoms. The van der Waals surface area contributed by atoms with Gasteiger partial charge in [-0.05, 0) is 25.1 Å². The number of rotatable bonds is 2. The van der Waals surface area contributed by atoms with E-state index in [2.05, 4.69) is 20.4 Å². The van der Waals surface area contributed by atoms with E-state index < -0.39 is 0 Å².